The van der Waals surface area contributed by atoms with Crippen LogP contribution in [0.1, 0.15) is 20.3 Å². The third-order valence-corrected chi connectivity index (χ3v) is 3.51. The highest BCUT2D eigenvalue weighted by atomic mass is 16.1. The zero-order valence-corrected chi connectivity index (χ0v) is 12.5. The van der Waals surface area contributed by atoms with Gasteiger partial charge in [0.1, 0.15) is 6.04 Å². The van der Waals surface area contributed by atoms with E-state index in [1.807, 2.05) is 38.1 Å². The molecule has 0 fully saturated rings. The van der Waals surface area contributed by atoms with Crippen LogP contribution < -0.4 is 11.1 Å². The van der Waals surface area contributed by atoms with Crippen LogP contribution in [0.25, 0.3) is 16.4 Å². The lowest BCUT2D eigenvalue weighted by Crippen LogP contribution is -2.37. The van der Waals surface area contributed by atoms with Crippen LogP contribution in [0.5, 0.6) is 0 Å². The van der Waals surface area contributed by atoms with Crippen LogP contribution in [0.15, 0.2) is 30.5 Å². The Labute approximate surface area is 127 Å². The Bertz CT molecular complexity index is 825. The largest absolute Gasteiger partial charge is 0.368 e. The van der Waals surface area contributed by atoms with Crippen LogP contribution in [-0.4, -0.2) is 31.8 Å². The topological polar surface area (TPSA) is 98.2 Å². The minimum atomic E-state index is -0.499. The average molecular weight is 298 g/mol. The Morgan fingerprint density at radius 1 is 1.36 bits per heavy atom. The fraction of sp³-hybridized carbons (Fsp3) is 0.333. The van der Waals surface area contributed by atoms with Crippen molar-refractivity contribution in [3.63, 3.8) is 0 Å². The molecule has 1 atom stereocenters. The number of anilines is 1. The molecule has 0 radical (unpaired) electrons. The molecular formula is C15H18N6O. The molecule has 0 aliphatic carbocycles. The Balaban J connectivity index is 2.08. The second-order valence-electron chi connectivity index (χ2n) is 5.71. The van der Waals surface area contributed by atoms with Gasteiger partial charge in [-0.15, -0.1) is 5.10 Å². The number of benzene rings is 1. The first-order valence-corrected chi connectivity index (χ1v) is 7.21. The maximum Gasteiger partial charge on any atom is 0.240 e. The first-order chi connectivity index (χ1) is 10.6. The first kappa shape index (κ1) is 14.2. The minimum absolute atomic E-state index is 0.330. The molecule has 3 N–H and O–H groups in total. The van der Waals surface area contributed by atoms with Crippen molar-refractivity contribution in [2.75, 3.05) is 5.32 Å². The molecule has 7 nitrogen and oxygen atoms in total. The number of carbonyl (C=O) groups excluding carboxylic acids is 1. The van der Waals surface area contributed by atoms with E-state index in [0.717, 1.165) is 16.4 Å². The number of hydrogen-bond acceptors (Lipinski definition) is 5. The van der Waals surface area contributed by atoms with E-state index in [9.17, 15) is 4.79 Å². The minimum Gasteiger partial charge on any atom is -0.368 e. The van der Waals surface area contributed by atoms with Crippen molar-refractivity contribution in [1.29, 1.82) is 0 Å². The van der Waals surface area contributed by atoms with Crippen molar-refractivity contribution in [2.45, 2.75) is 26.3 Å². The van der Waals surface area contributed by atoms with Gasteiger partial charge in [0.15, 0.2) is 0 Å². The summed E-state index contributed by atoms with van der Waals surface area (Å²) in [6.45, 7) is 4.08. The lowest BCUT2D eigenvalue weighted by atomic mass is 10.0. The van der Waals surface area contributed by atoms with E-state index in [-0.39, 0.29) is 0 Å². The molecule has 0 aliphatic heterocycles. The molecule has 0 unspecified atom stereocenters. The standard InChI is InChI=1S/C15H18N6O/c1-9(2)7-12(14(16)22)19-15-18-11-6-4-3-5-10(11)13-8-17-20-21(13)15/h3-6,8-9,12H,7H2,1-2H3,(H2,16,22)(H,18,19)/t12-/m1/s1. The van der Waals surface area contributed by atoms with Crippen LogP contribution >= 0.6 is 0 Å². The van der Waals surface area contributed by atoms with Gasteiger partial charge in [-0.3, -0.25) is 4.79 Å². The van der Waals surface area contributed by atoms with Gasteiger partial charge in [0.05, 0.1) is 17.2 Å². The summed E-state index contributed by atoms with van der Waals surface area (Å²) in [7, 11) is 0. The van der Waals surface area contributed by atoms with E-state index in [2.05, 4.69) is 20.6 Å². The predicted octanol–water partition coefficient (Wildman–Crippen LogP) is 1.59. The van der Waals surface area contributed by atoms with Crippen molar-refractivity contribution >= 4 is 28.3 Å². The molecule has 1 aromatic carbocycles. The number of hydrogen-bond donors (Lipinski definition) is 2. The van der Waals surface area contributed by atoms with Gasteiger partial charge >= 0.3 is 0 Å². The van der Waals surface area contributed by atoms with Crippen molar-refractivity contribution < 1.29 is 4.79 Å². The van der Waals surface area contributed by atoms with E-state index in [0.29, 0.717) is 18.3 Å². The smallest absolute Gasteiger partial charge is 0.240 e. The van der Waals surface area contributed by atoms with E-state index in [1.54, 1.807) is 10.7 Å². The van der Waals surface area contributed by atoms with Crippen LogP contribution in [0.4, 0.5) is 5.95 Å². The summed E-state index contributed by atoms with van der Waals surface area (Å²) in [4.78, 5) is 16.2. The number of amides is 1. The number of primary amides is 1. The molecule has 0 saturated heterocycles. The molecule has 0 spiro atoms. The van der Waals surface area contributed by atoms with E-state index >= 15 is 0 Å². The van der Waals surface area contributed by atoms with E-state index in [4.69, 9.17) is 5.73 Å². The second-order valence-corrected chi connectivity index (χ2v) is 5.71. The zero-order valence-electron chi connectivity index (χ0n) is 12.5. The fourth-order valence-corrected chi connectivity index (χ4v) is 2.49. The average Bonchev–Trinajstić information content (AvgIpc) is 2.96. The molecule has 7 heteroatoms. The highest BCUT2D eigenvalue weighted by Gasteiger charge is 2.19. The van der Waals surface area contributed by atoms with Gasteiger partial charge < -0.3 is 11.1 Å². The molecule has 3 rings (SSSR count). The number of nitrogens with one attached hydrogen (secondary N) is 1. The maximum absolute atomic E-state index is 11.7. The molecular weight excluding hydrogens is 280 g/mol. The van der Waals surface area contributed by atoms with Crippen molar-refractivity contribution in [2.24, 2.45) is 11.7 Å². The molecule has 2 aromatic heterocycles. The summed E-state index contributed by atoms with van der Waals surface area (Å²) < 4.78 is 1.60. The van der Waals surface area contributed by atoms with Gasteiger partial charge in [-0.2, -0.15) is 4.52 Å². The Kier molecular flexibility index (Phi) is 3.62. The SMILES string of the molecule is CC(C)C[C@@H](Nc1nc2ccccc2c2cnnn12)C(N)=O. The highest BCUT2D eigenvalue weighted by Crippen LogP contribution is 2.21. The molecule has 114 valence electrons. The number of rotatable bonds is 5. The summed E-state index contributed by atoms with van der Waals surface area (Å²) in [6, 6.07) is 7.23. The molecule has 2 heterocycles. The first-order valence-electron chi connectivity index (χ1n) is 7.21. The van der Waals surface area contributed by atoms with Crippen molar-refractivity contribution in [1.82, 2.24) is 19.8 Å². The van der Waals surface area contributed by atoms with Crippen LogP contribution in [0.3, 0.4) is 0 Å². The predicted molar refractivity (Wildman–Crippen MR) is 84.3 cm³/mol. The molecule has 1 amide bonds. The van der Waals surface area contributed by atoms with Crippen LogP contribution in [0, 0.1) is 5.92 Å². The highest BCUT2D eigenvalue weighted by molar-refractivity contribution is 5.94. The van der Waals surface area contributed by atoms with Gasteiger partial charge in [-0.25, -0.2) is 4.98 Å². The Morgan fingerprint density at radius 2 is 2.14 bits per heavy atom. The lowest BCUT2D eigenvalue weighted by molar-refractivity contribution is -0.119. The number of fused-ring (bicyclic) bond motifs is 3. The van der Waals surface area contributed by atoms with Gasteiger partial charge in [-0.1, -0.05) is 37.3 Å². The van der Waals surface area contributed by atoms with E-state index in [1.165, 1.54) is 0 Å². The summed E-state index contributed by atoms with van der Waals surface area (Å²) in [5, 5.41) is 12.1. The molecule has 3 aromatic rings. The molecule has 0 bridgehead atoms. The van der Waals surface area contributed by atoms with Crippen LogP contribution in [-0.2, 0) is 4.79 Å². The quantitative estimate of drug-likeness (QED) is 0.745. The van der Waals surface area contributed by atoms with Crippen molar-refractivity contribution in [3.8, 4) is 0 Å². The van der Waals surface area contributed by atoms with Crippen LogP contribution in [0.2, 0.25) is 0 Å². The Hall–Kier alpha value is -2.70. The van der Waals surface area contributed by atoms with Gasteiger partial charge in [0, 0.05) is 5.39 Å². The van der Waals surface area contributed by atoms with Gasteiger partial charge in [-0.05, 0) is 18.4 Å². The maximum atomic E-state index is 11.7. The third kappa shape index (κ3) is 2.57. The summed E-state index contributed by atoms with van der Waals surface area (Å²) in [5.41, 5.74) is 7.14. The van der Waals surface area contributed by atoms with Gasteiger partial charge in [0.25, 0.3) is 0 Å². The second kappa shape index (κ2) is 5.59. The number of nitrogens with zero attached hydrogens (tertiary/aromatic N) is 4. The number of aromatic nitrogens is 4. The third-order valence-electron chi connectivity index (χ3n) is 3.51. The monoisotopic (exact) mass is 298 g/mol. The molecule has 0 aliphatic rings. The molecule has 0 saturated carbocycles. The number of para-hydroxylation sites is 1. The summed E-state index contributed by atoms with van der Waals surface area (Å²) in [6.07, 6.45) is 2.30. The van der Waals surface area contributed by atoms with E-state index < -0.39 is 11.9 Å². The zero-order chi connectivity index (χ0) is 15.7. The fourth-order valence-electron chi connectivity index (χ4n) is 2.49. The number of carbonyl (C=O) groups is 1. The summed E-state index contributed by atoms with van der Waals surface area (Å²) in [5.74, 6) is 0.393. The van der Waals surface area contributed by atoms with Crippen molar-refractivity contribution in [3.05, 3.63) is 30.5 Å². The Morgan fingerprint density at radius 3 is 2.86 bits per heavy atom. The lowest BCUT2D eigenvalue weighted by Gasteiger charge is -2.18. The summed E-state index contributed by atoms with van der Waals surface area (Å²) >= 11 is 0. The van der Waals surface area contributed by atoms with Gasteiger partial charge in [0.2, 0.25) is 11.9 Å². The number of nitrogens with two attached hydrogens (primary N) is 1. The normalized spacial score (nSPS) is 12.9. The molecule has 22 heavy (non-hydrogen) atoms.